The third-order valence-electron chi connectivity index (χ3n) is 6.51. The predicted octanol–water partition coefficient (Wildman–Crippen LogP) is 4.29. The van der Waals surface area contributed by atoms with E-state index in [1.807, 2.05) is 6.08 Å². The van der Waals surface area contributed by atoms with E-state index in [4.69, 9.17) is 4.74 Å². The first-order valence-electron chi connectivity index (χ1n) is 14.5. The standard InChI is InChI=1S/C29H44N4O6S2/c1-5-7-8-9-10-14-25(35)40-15-12-11-13-20-16-23(34)30-17-24-31-22(18-41-24)28(37)32-21(6-2)27(36)33-26(19(3)4)29(38)39-20/h11,13,18-21,26H,5-10,12,14-17H2,1-4H3,(H,30,34)(H,32,37)(H,33,36)/t20-,21-,26+/m1/s1. The molecule has 0 unspecified atom stereocenters. The first-order valence-corrected chi connectivity index (χ1v) is 16.4. The van der Waals surface area contributed by atoms with Gasteiger partial charge in [-0.25, -0.2) is 9.78 Å². The molecule has 0 saturated carbocycles. The highest BCUT2D eigenvalue weighted by molar-refractivity contribution is 8.13. The lowest BCUT2D eigenvalue weighted by Crippen LogP contribution is -2.53. The summed E-state index contributed by atoms with van der Waals surface area (Å²) in [5.74, 6) is -1.74. The number of aromatic nitrogens is 1. The molecule has 0 aromatic carbocycles. The average Bonchev–Trinajstić information content (AvgIpc) is 3.41. The van der Waals surface area contributed by atoms with Gasteiger partial charge in [-0.2, -0.15) is 0 Å². The molecule has 0 aliphatic carbocycles. The number of unbranched alkanes of at least 4 members (excludes halogenated alkanes) is 4. The summed E-state index contributed by atoms with van der Waals surface area (Å²) in [5, 5.41) is 10.4. The van der Waals surface area contributed by atoms with E-state index in [9.17, 15) is 24.0 Å². The SMILES string of the molecule is CCCCCCCC(=O)SCCC=C[C@@H]1CC(=O)NCc2nc(cs2)C(=O)N[C@H](CC)C(=O)N[C@@H](C(C)C)C(=O)O1. The topological polar surface area (TPSA) is 144 Å². The minimum absolute atomic E-state index is 0.116. The van der Waals surface area contributed by atoms with Gasteiger partial charge in [0.25, 0.3) is 5.91 Å². The maximum absolute atomic E-state index is 13.2. The summed E-state index contributed by atoms with van der Waals surface area (Å²) in [6.07, 6.45) is 9.46. The number of carbonyl (C=O) groups is 5. The molecule has 2 bridgehead atoms. The number of thioether (sulfide) groups is 1. The fraction of sp³-hybridized carbons (Fsp3) is 0.655. The second-order valence-electron chi connectivity index (χ2n) is 10.3. The Kier molecular flexibility index (Phi) is 15.7. The molecule has 0 spiro atoms. The van der Waals surface area contributed by atoms with Crippen LogP contribution in [0.15, 0.2) is 17.5 Å². The van der Waals surface area contributed by atoms with Crippen LogP contribution in [0.4, 0.5) is 0 Å². The molecule has 2 heterocycles. The van der Waals surface area contributed by atoms with Gasteiger partial charge in [-0.15, -0.1) is 11.3 Å². The number of ether oxygens (including phenoxy) is 1. The highest BCUT2D eigenvalue weighted by Crippen LogP contribution is 2.15. The average molecular weight is 609 g/mol. The predicted molar refractivity (Wildman–Crippen MR) is 161 cm³/mol. The summed E-state index contributed by atoms with van der Waals surface area (Å²) in [4.78, 5) is 67.9. The minimum atomic E-state index is -0.975. The van der Waals surface area contributed by atoms with E-state index < -0.39 is 36.0 Å². The number of nitrogens with zero attached hydrogens (tertiary/aromatic N) is 1. The van der Waals surface area contributed by atoms with Crippen molar-refractivity contribution >= 4 is 51.9 Å². The molecule has 228 valence electrons. The van der Waals surface area contributed by atoms with Crippen molar-refractivity contribution in [2.45, 2.75) is 110 Å². The van der Waals surface area contributed by atoms with Gasteiger partial charge in [-0.05, 0) is 31.3 Å². The van der Waals surface area contributed by atoms with E-state index in [0.29, 0.717) is 30.0 Å². The van der Waals surface area contributed by atoms with Crippen molar-refractivity contribution in [1.29, 1.82) is 0 Å². The summed E-state index contributed by atoms with van der Waals surface area (Å²) < 4.78 is 5.70. The van der Waals surface area contributed by atoms with E-state index in [0.717, 1.165) is 19.3 Å². The number of thiazole rings is 1. The molecule has 10 nitrogen and oxygen atoms in total. The van der Waals surface area contributed by atoms with Crippen LogP contribution in [-0.4, -0.2) is 57.7 Å². The summed E-state index contributed by atoms with van der Waals surface area (Å²) >= 11 is 2.52. The molecule has 3 atom stereocenters. The Labute approximate surface area is 251 Å². The number of cyclic esters (lactones) is 1. The molecule has 41 heavy (non-hydrogen) atoms. The Morgan fingerprint density at radius 2 is 1.90 bits per heavy atom. The maximum atomic E-state index is 13.2. The van der Waals surface area contributed by atoms with Gasteiger partial charge in [0.15, 0.2) is 5.12 Å². The number of carbonyl (C=O) groups excluding carboxylic acids is 5. The molecular formula is C29H44N4O6S2. The second kappa shape index (κ2) is 18.7. The van der Waals surface area contributed by atoms with Crippen LogP contribution in [0.2, 0.25) is 0 Å². The van der Waals surface area contributed by atoms with Gasteiger partial charge in [0.1, 0.15) is 28.9 Å². The molecule has 1 aromatic heterocycles. The monoisotopic (exact) mass is 608 g/mol. The number of esters is 1. The molecule has 2 rings (SSSR count). The van der Waals surface area contributed by atoms with Crippen LogP contribution in [0.1, 0.15) is 101 Å². The Morgan fingerprint density at radius 3 is 2.61 bits per heavy atom. The summed E-state index contributed by atoms with van der Waals surface area (Å²) in [6.45, 7) is 7.58. The number of allylic oxidation sites excluding steroid dienone is 1. The quantitative estimate of drug-likeness (QED) is 0.181. The number of hydrogen-bond acceptors (Lipinski definition) is 9. The maximum Gasteiger partial charge on any atom is 0.329 e. The van der Waals surface area contributed by atoms with Gasteiger partial charge in [-0.1, -0.05) is 71.2 Å². The van der Waals surface area contributed by atoms with Crippen molar-refractivity contribution in [2.24, 2.45) is 5.92 Å². The first-order chi connectivity index (χ1) is 19.6. The van der Waals surface area contributed by atoms with Crippen molar-refractivity contribution in [3.05, 3.63) is 28.2 Å². The zero-order valence-corrected chi connectivity index (χ0v) is 26.2. The molecule has 1 aliphatic rings. The fourth-order valence-corrected chi connectivity index (χ4v) is 5.55. The zero-order valence-electron chi connectivity index (χ0n) is 24.5. The van der Waals surface area contributed by atoms with E-state index in [1.165, 1.54) is 35.9 Å². The molecule has 0 saturated heterocycles. The summed E-state index contributed by atoms with van der Waals surface area (Å²) in [5.41, 5.74) is 0.158. The smallest absolute Gasteiger partial charge is 0.329 e. The number of amides is 3. The van der Waals surface area contributed by atoms with Gasteiger partial charge >= 0.3 is 5.97 Å². The molecular weight excluding hydrogens is 564 g/mol. The number of rotatable bonds is 12. The van der Waals surface area contributed by atoms with E-state index in [2.05, 4.69) is 27.9 Å². The minimum Gasteiger partial charge on any atom is -0.456 e. The Balaban J connectivity index is 2.08. The van der Waals surface area contributed by atoms with Gasteiger partial charge in [0.05, 0.1) is 13.0 Å². The first kappa shape index (κ1) is 34.5. The van der Waals surface area contributed by atoms with Crippen LogP contribution < -0.4 is 16.0 Å². The van der Waals surface area contributed by atoms with Gasteiger partial charge in [0.2, 0.25) is 11.8 Å². The summed E-state index contributed by atoms with van der Waals surface area (Å²) in [7, 11) is 0. The molecule has 3 amide bonds. The van der Waals surface area contributed by atoms with Crippen molar-refractivity contribution in [1.82, 2.24) is 20.9 Å². The largest absolute Gasteiger partial charge is 0.456 e. The second-order valence-corrected chi connectivity index (χ2v) is 12.4. The Morgan fingerprint density at radius 1 is 1.15 bits per heavy atom. The van der Waals surface area contributed by atoms with Crippen LogP contribution >= 0.6 is 23.1 Å². The van der Waals surface area contributed by atoms with Crippen LogP contribution in [0.3, 0.4) is 0 Å². The van der Waals surface area contributed by atoms with Crippen molar-refractivity contribution in [3.63, 3.8) is 0 Å². The highest BCUT2D eigenvalue weighted by atomic mass is 32.2. The van der Waals surface area contributed by atoms with E-state index >= 15 is 0 Å². The highest BCUT2D eigenvalue weighted by Gasteiger charge is 2.31. The molecule has 1 aliphatic heterocycles. The third-order valence-corrected chi connectivity index (χ3v) is 8.32. The van der Waals surface area contributed by atoms with Crippen molar-refractivity contribution in [3.8, 4) is 0 Å². The molecule has 0 fully saturated rings. The lowest BCUT2D eigenvalue weighted by molar-refractivity contribution is -0.153. The van der Waals surface area contributed by atoms with Crippen molar-refractivity contribution < 1.29 is 28.7 Å². The van der Waals surface area contributed by atoms with Gasteiger partial charge < -0.3 is 20.7 Å². The van der Waals surface area contributed by atoms with Gasteiger partial charge in [-0.3, -0.25) is 19.2 Å². The van der Waals surface area contributed by atoms with Gasteiger partial charge in [0, 0.05) is 17.6 Å². The Bertz CT molecular complexity index is 1060. The van der Waals surface area contributed by atoms with Crippen LogP contribution in [0.25, 0.3) is 0 Å². The lowest BCUT2D eigenvalue weighted by atomic mass is 10.0. The molecule has 3 N–H and O–H groups in total. The van der Waals surface area contributed by atoms with E-state index in [-0.39, 0.29) is 35.6 Å². The number of hydrogen-bond donors (Lipinski definition) is 3. The molecule has 0 radical (unpaired) electrons. The van der Waals surface area contributed by atoms with Crippen LogP contribution in [0.5, 0.6) is 0 Å². The molecule has 12 heteroatoms. The fourth-order valence-electron chi connectivity index (χ4n) is 4.07. The van der Waals surface area contributed by atoms with E-state index in [1.54, 1.807) is 32.2 Å². The third kappa shape index (κ3) is 12.8. The normalized spacial score (nSPS) is 21.0. The van der Waals surface area contributed by atoms with Crippen molar-refractivity contribution in [2.75, 3.05) is 5.75 Å². The zero-order chi connectivity index (χ0) is 30.2. The Hall–Kier alpha value is -2.73. The number of nitrogens with one attached hydrogen (secondary N) is 3. The lowest BCUT2D eigenvalue weighted by Gasteiger charge is -2.25. The summed E-state index contributed by atoms with van der Waals surface area (Å²) in [6, 6.07) is -1.83. The van der Waals surface area contributed by atoms with Crippen LogP contribution in [0, 0.1) is 5.92 Å². The molecule has 1 aromatic rings. The van der Waals surface area contributed by atoms with Crippen LogP contribution in [-0.2, 0) is 30.5 Å². The number of fused-ring (bicyclic) bond motifs is 2.